The molecule has 1 fully saturated rings. The molecule has 3 amide bonds. The zero-order chi connectivity index (χ0) is 10.1. The standard InChI is InChI=1S/C10H12N2O2/c1-11-9(13)7-12(10(11)14)8-5-3-2-4-6-8/h3,5-6H,2,4,7H2,1H3. The van der Waals surface area contributed by atoms with Gasteiger partial charge in [-0.15, -0.1) is 0 Å². The lowest BCUT2D eigenvalue weighted by Crippen LogP contribution is -2.29. The van der Waals surface area contributed by atoms with Gasteiger partial charge in [0.15, 0.2) is 0 Å². The molecule has 0 spiro atoms. The van der Waals surface area contributed by atoms with Gasteiger partial charge >= 0.3 is 6.03 Å². The third-order valence-electron chi connectivity index (χ3n) is 2.47. The average molecular weight is 192 g/mol. The highest BCUT2D eigenvalue weighted by molar-refractivity contribution is 6.02. The van der Waals surface area contributed by atoms with E-state index in [4.69, 9.17) is 0 Å². The van der Waals surface area contributed by atoms with Crippen molar-refractivity contribution in [1.82, 2.24) is 9.80 Å². The Morgan fingerprint density at radius 3 is 2.57 bits per heavy atom. The molecular weight excluding hydrogens is 180 g/mol. The van der Waals surface area contributed by atoms with Crippen molar-refractivity contribution in [3.05, 3.63) is 23.9 Å². The minimum atomic E-state index is -0.229. The van der Waals surface area contributed by atoms with Crippen LogP contribution in [-0.2, 0) is 4.79 Å². The summed E-state index contributed by atoms with van der Waals surface area (Å²) in [7, 11) is 1.51. The molecule has 2 aliphatic rings. The molecule has 0 aromatic heterocycles. The number of likely N-dealkylation sites (N-methyl/N-ethyl adjacent to an activating group) is 1. The van der Waals surface area contributed by atoms with Gasteiger partial charge in [0.1, 0.15) is 6.54 Å². The maximum Gasteiger partial charge on any atom is 0.331 e. The van der Waals surface area contributed by atoms with E-state index in [2.05, 4.69) is 0 Å². The van der Waals surface area contributed by atoms with Crippen LogP contribution in [0.5, 0.6) is 0 Å². The van der Waals surface area contributed by atoms with Crippen LogP contribution in [0.3, 0.4) is 0 Å². The molecular formula is C10H12N2O2. The summed E-state index contributed by atoms with van der Waals surface area (Å²) >= 11 is 0. The van der Waals surface area contributed by atoms with E-state index in [1.165, 1.54) is 11.9 Å². The number of rotatable bonds is 1. The number of carbonyl (C=O) groups excluding carboxylic acids is 2. The normalized spacial score (nSPS) is 21.9. The van der Waals surface area contributed by atoms with Crippen LogP contribution in [0.1, 0.15) is 12.8 Å². The Kier molecular flexibility index (Phi) is 2.11. The lowest BCUT2D eigenvalue weighted by molar-refractivity contribution is -0.124. The van der Waals surface area contributed by atoms with Crippen molar-refractivity contribution in [2.45, 2.75) is 12.8 Å². The molecule has 0 bridgehead atoms. The topological polar surface area (TPSA) is 40.6 Å². The van der Waals surface area contributed by atoms with Gasteiger partial charge in [-0.25, -0.2) is 4.79 Å². The van der Waals surface area contributed by atoms with Gasteiger partial charge < -0.3 is 0 Å². The van der Waals surface area contributed by atoms with Gasteiger partial charge in [-0.05, 0) is 18.9 Å². The third kappa shape index (κ3) is 1.32. The predicted octanol–water partition coefficient (Wildman–Crippen LogP) is 1.11. The second-order valence-electron chi connectivity index (χ2n) is 3.43. The summed E-state index contributed by atoms with van der Waals surface area (Å²) in [6.45, 7) is 0.172. The highest BCUT2D eigenvalue weighted by Gasteiger charge is 2.34. The number of hydrogen-bond donors (Lipinski definition) is 0. The summed E-state index contributed by atoms with van der Waals surface area (Å²) in [6.07, 6.45) is 7.85. The lowest BCUT2D eigenvalue weighted by Gasteiger charge is -2.17. The van der Waals surface area contributed by atoms with Crippen molar-refractivity contribution in [3.63, 3.8) is 0 Å². The zero-order valence-corrected chi connectivity index (χ0v) is 8.06. The highest BCUT2D eigenvalue weighted by Crippen LogP contribution is 2.19. The number of imide groups is 1. The minimum Gasteiger partial charge on any atom is -0.285 e. The fourth-order valence-electron chi connectivity index (χ4n) is 1.60. The minimum absolute atomic E-state index is 0.144. The van der Waals surface area contributed by atoms with Crippen LogP contribution in [0.15, 0.2) is 23.9 Å². The van der Waals surface area contributed by atoms with E-state index < -0.39 is 0 Å². The van der Waals surface area contributed by atoms with Gasteiger partial charge in [-0.3, -0.25) is 14.6 Å². The van der Waals surface area contributed by atoms with Crippen LogP contribution in [0, 0.1) is 0 Å². The van der Waals surface area contributed by atoms with E-state index in [9.17, 15) is 9.59 Å². The first-order chi connectivity index (χ1) is 6.70. The van der Waals surface area contributed by atoms with Crippen molar-refractivity contribution >= 4 is 11.9 Å². The third-order valence-corrected chi connectivity index (χ3v) is 2.47. The summed E-state index contributed by atoms with van der Waals surface area (Å²) in [5.41, 5.74) is 0.846. The van der Waals surface area contributed by atoms with Gasteiger partial charge in [-0.1, -0.05) is 12.2 Å². The molecule has 74 valence electrons. The quantitative estimate of drug-likeness (QED) is 0.584. The van der Waals surface area contributed by atoms with Crippen LogP contribution in [0.25, 0.3) is 0 Å². The number of amides is 3. The van der Waals surface area contributed by atoms with Crippen molar-refractivity contribution in [2.24, 2.45) is 0 Å². The maximum absolute atomic E-state index is 11.6. The van der Waals surface area contributed by atoms with E-state index in [-0.39, 0.29) is 18.5 Å². The number of urea groups is 1. The van der Waals surface area contributed by atoms with E-state index in [0.717, 1.165) is 23.4 Å². The number of hydrogen-bond acceptors (Lipinski definition) is 2. The van der Waals surface area contributed by atoms with Gasteiger partial charge in [0.2, 0.25) is 5.91 Å². The van der Waals surface area contributed by atoms with Crippen molar-refractivity contribution in [1.29, 1.82) is 0 Å². The fraction of sp³-hybridized carbons (Fsp3) is 0.400. The van der Waals surface area contributed by atoms with Gasteiger partial charge in [-0.2, -0.15) is 0 Å². The first kappa shape index (κ1) is 8.99. The first-order valence-corrected chi connectivity index (χ1v) is 4.65. The van der Waals surface area contributed by atoms with Crippen LogP contribution in [-0.4, -0.2) is 35.3 Å². The van der Waals surface area contributed by atoms with E-state index in [1.54, 1.807) is 0 Å². The molecule has 0 aromatic carbocycles. The molecule has 1 aliphatic heterocycles. The summed E-state index contributed by atoms with van der Waals surface area (Å²) in [5.74, 6) is -0.144. The molecule has 1 heterocycles. The zero-order valence-electron chi connectivity index (χ0n) is 8.06. The van der Waals surface area contributed by atoms with Crippen molar-refractivity contribution < 1.29 is 9.59 Å². The number of nitrogens with zero attached hydrogens (tertiary/aromatic N) is 2. The Bertz CT molecular complexity index is 344. The molecule has 0 saturated carbocycles. The van der Waals surface area contributed by atoms with E-state index in [1.807, 2.05) is 18.2 Å². The molecule has 14 heavy (non-hydrogen) atoms. The number of allylic oxidation sites excluding steroid dienone is 3. The Balaban J connectivity index is 2.20. The Morgan fingerprint density at radius 1 is 1.29 bits per heavy atom. The van der Waals surface area contributed by atoms with Crippen LogP contribution in [0.2, 0.25) is 0 Å². The Morgan fingerprint density at radius 2 is 2.07 bits per heavy atom. The molecule has 0 aromatic rings. The van der Waals surface area contributed by atoms with Gasteiger partial charge in [0, 0.05) is 12.7 Å². The van der Waals surface area contributed by atoms with Gasteiger partial charge in [0.05, 0.1) is 0 Å². The molecule has 0 radical (unpaired) electrons. The molecule has 2 rings (SSSR count). The number of carbonyl (C=O) groups is 2. The fourth-order valence-corrected chi connectivity index (χ4v) is 1.60. The molecule has 0 N–H and O–H groups in total. The SMILES string of the molecule is CN1C(=O)CN(C2=CCCC=C2)C1=O. The van der Waals surface area contributed by atoms with E-state index in [0.29, 0.717) is 0 Å². The highest BCUT2D eigenvalue weighted by atomic mass is 16.2. The van der Waals surface area contributed by atoms with Crippen LogP contribution >= 0.6 is 0 Å². The molecule has 4 nitrogen and oxygen atoms in total. The maximum atomic E-state index is 11.6. The van der Waals surface area contributed by atoms with Crippen molar-refractivity contribution in [2.75, 3.05) is 13.6 Å². The molecule has 0 unspecified atom stereocenters. The Labute approximate surface area is 82.5 Å². The second kappa shape index (κ2) is 3.29. The van der Waals surface area contributed by atoms with Crippen LogP contribution in [0.4, 0.5) is 4.79 Å². The largest absolute Gasteiger partial charge is 0.331 e. The molecule has 4 heteroatoms. The monoisotopic (exact) mass is 192 g/mol. The first-order valence-electron chi connectivity index (χ1n) is 4.65. The lowest BCUT2D eigenvalue weighted by atomic mass is 10.1. The van der Waals surface area contributed by atoms with Crippen LogP contribution < -0.4 is 0 Å². The second-order valence-corrected chi connectivity index (χ2v) is 3.43. The molecule has 0 atom stereocenters. The summed E-state index contributed by atoms with van der Waals surface area (Å²) in [5, 5.41) is 0. The average Bonchev–Trinajstić information content (AvgIpc) is 2.47. The summed E-state index contributed by atoms with van der Waals surface area (Å²) in [4.78, 5) is 25.5. The van der Waals surface area contributed by atoms with Gasteiger partial charge in [0.25, 0.3) is 0 Å². The van der Waals surface area contributed by atoms with E-state index >= 15 is 0 Å². The van der Waals surface area contributed by atoms with Crippen molar-refractivity contribution in [3.8, 4) is 0 Å². The summed E-state index contributed by atoms with van der Waals surface area (Å²) in [6, 6.07) is -0.229. The smallest absolute Gasteiger partial charge is 0.285 e. The Hall–Kier alpha value is -1.58. The molecule has 1 saturated heterocycles. The molecule has 1 aliphatic carbocycles. The predicted molar refractivity (Wildman–Crippen MR) is 51.3 cm³/mol. The summed E-state index contributed by atoms with van der Waals surface area (Å²) < 4.78 is 0.